The van der Waals surface area contributed by atoms with Gasteiger partial charge in [0.25, 0.3) is 0 Å². The van der Waals surface area contributed by atoms with E-state index in [4.69, 9.17) is 14.5 Å². The molecule has 5 aliphatic rings. The number of nitriles is 1. The Balaban J connectivity index is 1.17. The fourth-order valence-electron chi connectivity index (χ4n) is 8.71. The molecule has 248 valence electrons. The van der Waals surface area contributed by atoms with Gasteiger partial charge in [-0.15, -0.1) is 0 Å². The van der Waals surface area contributed by atoms with Crippen LogP contribution in [-0.4, -0.2) is 83.6 Å². The number of benzene rings is 3. The van der Waals surface area contributed by atoms with E-state index in [1.54, 1.807) is 12.1 Å². The number of morpholine rings is 1. The van der Waals surface area contributed by atoms with E-state index in [-0.39, 0.29) is 39.4 Å². The second-order valence-corrected chi connectivity index (χ2v) is 14.5. The van der Waals surface area contributed by atoms with Crippen molar-refractivity contribution in [3.63, 3.8) is 0 Å². The van der Waals surface area contributed by atoms with E-state index in [2.05, 4.69) is 26.2 Å². The first-order valence-corrected chi connectivity index (χ1v) is 17.2. The fourth-order valence-corrected chi connectivity index (χ4v) is 8.71. The van der Waals surface area contributed by atoms with Gasteiger partial charge in [-0.25, -0.2) is 8.78 Å². The van der Waals surface area contributed by atoms with Crippen molar-refractivity contribution >= 4 is 27.5 Å². The van der Waals surface area contributed by atoms with Crippen LogP contribution < -0.4 is 15.0 Å². The Labute approximate surface area is 277 Å². The van der Waals surface area contributed by atoms with Crippen LogP contribution in [0.1, 0.15) is 50.2 Å². The Morgan fingerprint density at radius 2 is 1.94 bits per heavy atom. The van der Waals surface area contributed by atoms with Gasteiger partial charge < -0.3 is 24.8 Å². The van der Waals surface area contributed by atoms with Crippen LogP contribution in [0.4, 0.5) is 14.6 Å². The highest BCUT2D eigenvalue weighted by atomic mass is 19.1. The van der Waals surface area contributed by atoms with Gasteiger partial charge in [0, 0.05) is 60.7 Å². The molecular weight excluding hydrogens is 614 g/mol. The number of nitrogens with zero attached hydrogens (tertiary/aromatic N) is 5. The quantitative estimate of drug-likeness (QED) is 0.257. The number of fused-ring (bicyclic) bond motifs is 6. The zero-order chi connectivity index (χ0) is 32.7. The second-order valence-electron chi connectivity index (χ2n) is 14.5. The van der Waals surface area contributed by atoms with Crippen molar-refractivity contribution in [3.05, 3.63) is 53.1 Å². The maximum absolute atomic E-state index is 17.2. The third-order valence-corrected chi connectivity index (χ3v) is 11.3. The van der Waals surface area contributed by atoms with Crippen LogP contribution in [0.2, 0.25) is 0 Å². The molecule has 4 aliphatic heterocycles. The monoisotopic (exact) mass is 652 g/mol. The van der Waals surface area contributed by atoms with E-state index >= 15 is 8.78 Å². The molecular formula is C37H38F2N6O3. The van der Waals surface area contributed by atoms with Crippen LogP contribution in [0.25, 0.3) is 32.8 Å². The number of likely N-dealkylation sites (tertiary alicyclic amines) is 1. The van der Waals surface area contributed by atoms with E-state index in [1.165, 1.54) is 18.2 Å². The highest BCUT2D eigenvalue weighted by Gasteiger charge is 2.49. The van der Waals surface area contributed by atoms with Crippen molar-refractivity contribution in [1.82, 2.24) is 20.2 Å². The first kappa shape index (κ1) is 30.0. The van der Waals surface area contributed by atoms with Crippen LogP contribution in [-0.2, 0) is 11.2 Å². The normalized spacial score (nSPS) is 25.7. The Bertz CT molecular complexity index is 2000. The minimum Gasteiger partial charge on any atom is -0.508 e. The number of aromatic nitrogens is 2. The zero-order valence-electron chi connectivity index (χ0n) is 26.9. The van der Waals surface area contributed by atoms with Crippen molar-refractivity contribution < 1.29 is 23.4 Å². The predicted octanol–water partition coefficient (Wildman–Crippen LogP) is 5.44. The van der Waals surface area contributed by atoms with E-state index < -0.39 is 11.6 Å². The number of phenols is 1. The van der Waals surface area contributed by atoms with Crippen molar-refractivity contribution in [2.75, 3.05) is 44.3 Å². The third-order valence-electron chi connectivity index (χ3n) is 11.3. The molecule has 1 aliphatic carbocycles. The molecule has 0 spiro atoms. The molecule has 1 saturated carbocycles. The summed E-state index contributed by atoms with van der Waals surface area (Å²) in [4.78, 5) is 14.3. The van der Waals surface area contributed by atoms with Crippen molar-refractivity contribution in [3.8, 4) is 29.0 Å². The summed E-state index contributed by atoms with van der Waals surface area (Å²) in [5, 5.41) is 26.2. The molecule has 4 bridgehead atoms. The second kappa shape index (κ2) is 11.2. The van der Waals surface area contributed by atoms with Gasteiger partial charge in [-0.1, -0.05) is 13.0 Å². The molecule has 48 heavy (non-hydrogen) atoms. The van der Waals surface area contributed by atoms with Gasteiger partial charge >= 0.3 is 6.01 Å². The number of aromatic hydroxyl groups is 1. The molecule has 5 fully saturated rings. The van der Waals surface area contributed by atoms with Gasteiger partial charge in [0.15, 0.2) is 5.82 Å². The van der Waals surface area contributed by atoms with Gasteiger partial charge in [0.05, 0.1) is 31.0 Å². The lowest BCUT2D eigenvalue weighted by molar-refractivity contribution is 0.0176. The first-order chi connectivity index (χ1) is 23.3. The van der Waals surface area contributed by atoms with Gasteiger partial charge in [0.2, 0.25) is 0 Å². The summed E-state index contributed by atoms with van der Waals surface area (Å²) in [5.74, 6) is -0.697. The first-order valence-electron chi connectivity index (χ1n) is 17.2. The molecule has 1 aromatic heterocycles. The summed E-state index contributed by atoms with van der Waals surface area (Å²) < 4.78 is 44.5. The number of phenolic OH excluding ortho intramolecular Hbond substituents is 1. The topological polar surface area (TPSA) is 107 Å². The van der Waals surface area contributed by atoms with E-state index in [1.807, 2.05) is 6.92 Å². The SMILES string of the molecule is CCc1c(F)ccc2cc(O)cc(-c3c(C#N)cc4c(N5CC6CCC(C5)N6)nc(OCC5(CN6C[C@@H]7C[C@H]6CO7)CC5)nc4c3F)c12. The Morgan fingerprint density at radius 1 is 1.12 bits per heavy atom. The van der Waals surface area contributed by atoms with E-state index in [0.717, 1.165) is 51.8 Å². The van der Waals surface area contributed by atoms with Crippen LogP contribution in [0, 0.1) is 28.4 Å². The van der Waals surface area contributed by atoms with Gasteiger partial charge in [0.1, 0.15) is 22.9 Å². The predicted molar refractivity (Wildman–Crippen MR) is 177 cm³/mol. The van der Waals surface area contributed by atoms with Crippen LogP contribution in [0.5, 0.6) is 11.8 Å². The Hall–Kier alpha value is -4.11. The molecule has 0 radical (unpaired) electrons. The summed E-state index contributed by atoms with van der Waals surface area (Å²) in [7, 11) is 0. The molecule has 4 atom stereocenters. The number of anilines is 1. The molecule has 0 amide bonds. The average Bonchev–Trinajstić information content (AvgIpc) is 3.34. The summed E-state index contributed by atoms with van der Waals surface area (Å²) in [6.07, 6.45) is 5.99. The summed E-state index contributed by atoms with van der Waals surface area (Å²) in [5.41, 5.74) is 0.734. The molecule has 2 unspecified atom stereocenters. The number of ether oxygens (including phenoxy) is 2. The van der Waals surface area contributed by atoms with Crippen LogP contribution >= 0.6 is 0 Å². The van der Waals surface area contributed by atoms with Gasteiger partial charge in [-0.2, -0.15) is 15.2 Å². The van der Waals surface area contributed by atoms with Crippen molar-refractivity contribution in [2.24, 2.45) is 5.41 Å². The van der Waals surface area contributed by atoms with Gasteiger partial charge in [-0.05, 0) is 84.7 Å². The molecule has 11 heteroatoms. The number of piperazine rings is 1. The summed E-state index contributed by atoms with van der Waals surface area (Å²) >= 11 is 0. The van der Waals surface area contributed by atoms with E-state index in [9.17, 15) is 10.4 Å². The summed E-state index contributed by atoms with van der Waals surface area (Å²) in [6.45, 7) is 6.34. The smallest absolute Gasteiger partial charge is 0.319 e. The lowest BCUT2D eigenvalue weighted by Gasteiger charge is -2.34. The molecule has 3 aromatic carbocycles. The number of halogens is 2. The number of hydrogen-bond donors (Lipinski definition) is 2. The zero-order valence-corrected chi connectivity index (χ0v) is 26.9. The average molecular weight is 653 g/mol. The van der Waals surface area contributed by atoms with Gasteiger partial charge in [-0.3, -0.25) is 4.90 Å². The third kappa shape index (κ3) is 4.96. The highest BCUT2D eigenvalue weighted by Crippen LogP contribution is 2.48. The molecule has 5 heterocycles. The lowest BCUT2D eigenvalue weighted by atomic mass is 9.89. The highest BCUT2D eigenvalue weighted by molar-refractivity contribution is 6.04. The number of nitrogens with one attached hydrogen (secondary N) is 1. The molecule has 4 aromatic rings. The maximum atomic E-state index is 17.2. The van der Waals surface area contributed by atoms with Crippen molar-refractivity contribution in [2.45, 2.75) is 69.7 Å². The Morgan fingerprint density at radius 3 is 2.62 bits per heavy atom. The van der Waals surface area contributed by atoms with Crippen LogP contribution in [0.3, 0.4) is 0 Å². The summed E-state index contributed by atoms with van der Waals surface area (Å²) in [6, 6.07) is 10.9. The van der Waals surface area contributed by atoms with Crippen molar-refractivity contribution in [1.29, 1.82) is 5.26 Å². The molecule has 9 rings (SSSR count). The standard InChI is InChI=1S/C37H38F2N6O3/c1-2-27-30(38)6-3-20-9-25(46)12-28(31(20)27)32-21(13-40)10-29-34(33(32)39)42-36(43-35(29)44-14-22-4-5-23(15-44)41-22)48-19-37(7-8-37)18-45-16-26-11-24(45)17-47-26/h3,6,9-10,12,22-24,26,41,46H,2,4-5,7-8,11,14-19H2,1H3/t22?,23?,24-,26-/m0/s1. The number of rotatable bonds is 8. The molecule has 4 saturated heterocycles. The lowest BCUT2D eigenvalue weighted by Crippen LogP contribution is -2.51. The fraction of sp³-hybridized carbons (Fsp3) is 0.486. The minimum absolute atomic E-state index is 0.00654. The Kier molecular flexibility index (Phi) is 7.01. The number of hydrogen-bond acceptors (Lipinski definition) is 9. The molecule has 2 N–H and O–H groups in total. The maximum Gasteiger partial charge on any atom is 0.319 e. The number of aryl methyl sites for hydroxylation is 1. The van der Waals surface area contributed by atoms with Crippen LogP contribution in [0.15, 0.2) is 30.3 Å². The minimum atomic E-state index is -0.719. The molecule has 9 nitrogen and oxygen atoms in total. The largest absolute Gasteiger partial charge is 0.508 e. The van der Waals surface area contributed by atoms with E-state index in [0.29, 0.717) is 77.9 Å².